The SMILES string of the molecule is O=C(O)[C@H]1CCCN(C(=O)CCOCC(F)F)C1. The highest BCUT2D eigenvalue weighted by Crippen LogP contribution is 2.17. The van der Waals surface area contributed by atoms with Gasteiger partial charge in [0.2, 0.25) is 5.91 Å². The first kappa shape index (κ1) is 14.8. The van der Waals surface area contributed by atoms with Crippen LogP contribution in [-0.2, 0) is 14.3 Å². The number of hydrogen-bond acceptors (Lipinski definition) is 3. The monoisotopic (exact) mass is 265 g/mol. The second-order valence-electron chi connectivity index (χ2n) is 4.23. The number of carbonyl (C=O) groups excluding carboxylic acids is 1. The summed E-state index contributed by atoms with van der Waals surface area (Å²) >= 11 is 0. The molecule has 7 heteroatoms. The molecule has 18 heavy (non-hydrogen) atoms. The van der Waals surface area contributed by atoms with Gasteiger partial charge in [0.1, 0.15) is 6.61 Å². The molecular formula is C11H17F2NO4. The van der Waals surface area contributed by atoms with Gasteiger partial charge in [0.25, 0.3) is 6.43 Å². The van der Waals surface area contributed by atoms with Gasteiger partial charge in [-0.05, 0) is 12.8 Å². The first-order valence-corrected chi connectivity index (χ1v) is 5.87. The van der Waals surface area contributed by atoms with Gasteiger partial charge >= 0.3 is 5.97 Å². The Morgan fingerprint density at radius 2 is 2.17 bits per heavy atom. The quantitative estimate of drug-likeness (QED) is 0.727. The molecule has 1 amide bonds. The molecule has 104 valence electrons. The zero-order valence-corrected chi connectivity index (χ0v) is 9.98. The predicted molar refractivity (Wildman–Crippen MR) is 58.4 cm³/mol. The number of ether oxygens (including phenoxy) is 1. The number of carboxylic acids is 1. The van der Waals surface area contributed by atoms with E-state index in [4.69, 9.17) is 5.11 Å². The van der Waals surface area contributed by atoms with E-state index in [1.165, 1.54) is 4.90 Å². The van der Waals surface area contributed by atoms with Gasteiger partial charge in [0.15, 0.2) is 0 Å². The third-order valence-corrected chi connectivity index (χ3v) is 2.83. The number of aliphatic carboxylic acids is 1. The standard InChI is InChI=1S/C11H17F2NO4/c12-9(13)7-18-5-3-10(15)14-4-1-2-8(6-14)11(16)17/h8-9H,1-7H2,(H,16,17)/t8-/m0/s1. The Morgan fingerprint density at radius 1 is 1.44 bits per heavy atom. The minimum Gasteiger partial charge on any atom is -0.481 e. The van der Waals surface area contributed by atoms with Crippen LogP contribution in [0.5, 0.6) is 0 Å². The minimum atomic E-state index is -2.54. The van der Waals surface area contributed by atoms with E-state index in [1.807, 2.05) is 0 Å². The second-order valence-corrected chi connectivity index (χ2v) is 4.23. The Kier molecular flexibility index (Phi) is 5.97. The third-order valence-electron chi connectivity index (χ3n) is 2.83. The number of amides is 1. The first-order chi connectivity index (χ1) is 8.50. The summed E-state index contributed by atoms with van der Waals surface area (Å²) < 4.78 is 28.2. The fourth-order valence-electron chi connectivity index (χ4n) is 1.90. The molecule has 1 aliphatic heterocycles. The van der Waals surface area contributed by atoms with Gasteiger partial charge in [-0.3, -0.25) is 9.59 Å². The summed E-state index contributed by atoms with van der Waals surface area (Å²) in [6.07, 6.45) is -1.30. The van der Waals surface area contributed by atoms with E-state index in [2.05, 4.69) is 4.74 Å². The van der Waals surface area contributed by atoms with E-state index in [1.54, 1.807) is 0 Å². The summed E-state index contributed by atoms with van der Waals surface area (Å²) in [4.78, 5) is 24.0. The summed E-state index contributed by atoms with van der Waals surface area (Å²) in [6.45, 7) is -0.0110. The van der Waals surface area contributed by atoms with Crippen molar-refractivity contribution >= 4 is 11.9 Å². The number of hydrogen-bond donors (Lipinski definition) is 1. The molecule has 0 aromatic heterocycles. The van der Waals surface area contributed by atoms with Crippen molar-refractivity contribution in [2.75, 3.05) is 26.3 Å². The van der Waals surface area contributed by atoms with E-state index < -0.39 is 24.9 Å². The lowest BCUT2D eigenvalue weighted by Crippen LogP contribution is -2.42. The highest BCUT2D eigenvalue weighted by Gasteiger charge is 2.27. The van der Waals surface area contributed by atoms with Crippen molar-refractivity contribution < 1.29 is 28.2 Å². The van der Waals surface area contributed by atoms with Crippen LogP contribution in [0.4, 0.5) is 8.78 Å². The van der Waals surface area contributed by atoms with Crippen LogP contribution in [0.15, 0.2) is 0 Å². The zero-order valence-electron chi connectivity index (χ0n) is 9.98. The van der Waals surface area contributed by atoms with Gasteiger partial charge in [0, 0.05) is 13.1 Å². The average Bonchev–Trinajstić information content (AvgIpc) is 2.34. The molecule has 1 aliphatic rings. The minimum absolute atomic E-state index is 0.0130. The molecule has 1 N–H and O–H groups in total. The summed E-state index contributed by atoms with van der Waals surface area (Å²) in [7, 11) is 0. The maximum absolute atomic E-state index is 11.8. The van der Waals surface area contributed by atoms with Gasteiger partial charge in [-0.1, -0.05) is 0 Å². The van der Waals surface area contributed by atoms with E-state index in [0.29, 0.717) is 19.4 Å². The smallest absolute Gasteiger partial charge is 0.308 e. The lowest BCUT2D eigenvalue weighted by molar-refractivity contribution is -0.146. The van der Waals surface area contributed by atoms with Crippen LogP contribution in [0.2, 0.25) is 0 Å². The number of piperidine rings is 1. The molecular weight excluding hydrogens is 248 g/mol. The van der Waals surface area contributed by atoms with Crippen molar-refractivity contribution in [2.24, 2.45) is 5.92 Å². The number of halogens is 2. The fourth-order valence-corrected chi connectivity index (χ4v) is 1.90. The lowest BCUT2D eigenvalue weighted by atomic mass is 9.98. The van der Waals surface area contributed by atoms with Crippen LogP contribution in [0.1, 0.15) is 19.3 Å². The third kappa shape index (κ3) is 4.95. The molecule has 5 nitrogen and oxygen atoms in total. The molecule has 1 fully saturated rings. The lowest BCUT2D eigenvalue weighted by Gasteiger charge is -2.30. The number of alkyl halides is 2. The van der Waals surface area contributed by atoms with E-state index >= 15 is 0 Å². The first-order valence-electron chi connectivity index (χ1n) is 5.87. The van der Waals surface area contributed by atoms with Crippen molar-refractivity contribution in [2.45, 2.75) is 25.7 Å². The van der Waals surface area contributed by atoms with Crippen LogP contribution >= 0.6 is 0 Å². The molecule has 1 rings (SSSR count). The maximum atomic E-state index is 11.8. The Morgan fingerprint density at radius 3 is 2.78 bits per heavy atom. The molecule has 0 saturated carbocycles. The largest absolute Gasteiger partial charge is 0.481 e. The number of carbonyl (C=O) groups is 2. The van der Waals surface area contributed by atoms with Crippen molar-refractivity contribution in [3.8, 4) is 0 Å². The molecule has 1 saturated heterocycles. The molecule has 0 spiro atoms. The van der Waals surface area contributed by atoms with Crippen molar-refractivity contribution in [3.63, 3.8) is 0 Å². The van der Waals surface area contributed by atoms with E-state index in [-0.39, 0.29) is 25.5 Å². The van der Waals surface area contributed by atoms with Crippen molar-refractivity contribution in [1.29, 1.82) is 0 Å². The Labute approximate surface area is 104 Å². The van der Waals surface area contributed by atoms with Gasteiger partial charge in [-0.2, -0.15) is 0 Å². The Bertz CT molecular complexity index is 299. The van der Waals surface area contributed by atoms with Gasteiger partial charge < -0.3 is 14.7 Å². The van der Waals surface area contributed by atoms with E-state index in [0.717, 1.165) is 0 Å². The topological polar surface area (TPSA) is 66.8 Å². The normalized spacial score (nSPS) is 20.2. The van der Waals surface area contributed by atoms with Crippen LogP contribution in [-0.4, -0.2) is 54.6 Å². The maximum Gasteiger partial charge on any atom is 0.308 e. The fraction of sp³-hybridized carbons (Fsp3) is 0.818. The Balaban J connectivity index is 2.26. The second kappa shape index (κ2) is 7.25. The molecule has 0 aromatic carbocycles. The summed E-state index contributed by atoms with van der Waals surface area (Å²) in [5.41, 5.74) is 0. The van der Waals surface area contributed by atoms with Crippen LogP contribution in [0.3, 0.4) is 0 Å². The molecule has 0 aromatic rings. The molecule has 1 heterocycles. The number of carboxylic acid groups (broad SMARTS) is 1. The van der Waals surface area contributed by atoms with Gasteiger partial charge in [0.05, 0.1) is 18.9 Å². The highest BCUT2D eigenvalue weighted by molar-refractivity contribution is 5.78. The summed E-state index contributed by atoms with van der Waals surface area (Å²) in [5, 5.41) is 8.87. The van der Waals surface area contributed by atoms with Crippen molar-refractivity contribution in [3.05, 3.63) is 0 Å². The van der Waals surface area contributed by atoms with Gasteiger partial charge in [-0.25, -0.2) is 8.78 Å². The molecule has 1 atom stereocenters. The number of likely N-dealkylation sites (tertiary alicyclic amines) is 1. The zero-order chi connectivity index (χ0) is 13.5. The number of rotatable bonds is 6. The summed E-state index contributed by atoms with van der Waals surface area (Å²) in [5.74, 6) is -1.67. The molecule has 0 aliphatic carbocycles. The Hall–Kier alpha value is -1.24. The van der Waals surface area contributed by atoms with E-state index in [9.17, 15) is 18.4 Å². The average molecular weight is 265 g/mol. The van der Waals surface area contributed by atoms with Crippen LogP contribution < -0.4 is 0 Å². The van der Waals surface area contributed by atoms with Gasteiger partial charge in [-0.15, -0.1) is 0 Å². The van der Waals surface area contributed by atoms with Crippen molar-refractivity contribution in [1.82, 2.24) is 4.90 Å². The molecule has 0 bridgehead atoms. The predicted octanol–water partition coefficient (Wildman–Crippen LogP) is 0.981. The van der Waals surface area contributed by atoms with Crippen LogP contribution in [0, 0.1) is 5.92 Å². The molecule has 0 radical (unpaired) electrons. The highest BCUT2D eigenvalue weighted by atomic mass is 19.3. The van der Waals surface area contributed by atoms with Crippen LogP contribution in [0.25, 0.3) is 0 Å². The summed E-state index contributed by atoms with van der Waals surface area (Å²) in [6, 6.07) is 0. The molecule has 0 unspecified atom stereocenters. The number of nitrogens with zero attached hydrogens (tertiary/aromatic N) is 1.